The Balaban J connectivity index is 1.58. The van der Waals surface area contributed by atoms with Crippen LogP contribution in [0.2, 0.25) is 5.02 Å². The zero-order valence-electron chi connectivity index (χ0n) is 16.9. The number of carbonyl (C=O) groups excluding carboxylic acids is 2. The lowest BCUT2D eigenvalue weighted by molar-refractivity contribution is -0.124. The molecule has 4 rings (SSSR count). The Bertz CT molecular complexity index is 1140. The van der Waals surface area contributed by atoms with E-state index in [-0.39, 0.29) is 18.2 Å². The first kappa shape index (κ1) is 22.7. The van der Waals surface area contributed by atoms with Crippen LogP contribution >= 0.6 is 46.4 Å². The summed E-state index contributed by atoms with van der Waals surface area (Å²) in [5.74, 6) is -0.462. The molecule has 162 valence electrons. The van der Waals surface area contributed by atoms with Gasteiger partial charge in [0.1, 0.15) is 6.04 Å². The van der Waals surface area contributed by atoms with Crippen LogP contribution in [-0.2, 0) is 16.1 Å². The molecular formula is C24H19ClIN3O2S. The Hall–Kier alpha value is -2.49. The van der Waals surface area contributed by atoms with E-state index in [4.69, 9.17) is 23.8 Å². The van der Waals surface area contributed by atoms with Crippen LogP contribution in [0.1, 0.15) is 12.0 Å². The Morgan fingerprint density at radius 1 is 1.00 bits per heavy atom. The molecule has 8 heteroatoms. The Kier molecular flexibility index (Phi) is 7.07. The van der Waals surface area contributed by atoms with Gasteiger partial charge in [0, 0.05) is 20.8 Å². The molecule has 0 spiro atoms. The second-order valence-corrected chi connectivity index (χ2v) is 9.37. The lowest BCUT2D eigenvalue weighted by Crippen LogP contribution is -2.37. The summed E-state index contributed by atoms with van der Waals surface area (Å²) in [6.45, 7) is 0.395. The highest BCUT2D eigenvalue weighted by molar-refractivity contribution is 14.1. The number of rotatable bonds is 6. The maximum absolute atomic E-state index is 13.4. The van der Waals surface area contributed by atoms with Crippen LogP contribution in [0.3, 0.4) is 0 Å². The second-order valence-electron chi connectivity index (χ2n) is 7.32. The lowest BCUT2D eigenvalue weighted by Gasteiger charge is -2.24. The van der Waals surface area contributed by atoms with E-state index in [9.17, 15) is 9.59 Å². The van der Waals surface area contributed by atoms with Crippen molar-refractivity contribution in [3.8, 4) is 0 Å². The molecule has 3 aromatic rings. The summed E-state index contributed by atoms with van der Waals surface area (Å²) >= 11 is 13.9. The largest absolute Gasteiger partial charge is 0.332 e. The van der Waals surface area contributed by atoms with E-state index < -0.39 is 6.04 Å². The normalized spacial score (nSPS) is 15.9. The minimum absolute atomic E-state index is 0.0120. The van der Waals surface area contributed by atoms with Gasteiger partial charge in [0.2, 0.25) is 5.91 Å². The summed E-state index contributed by atoms with van der Waals surface area (Å²) in [6, 6.07) is 23.4. The van der Waals surface area contributed by atoms with Crippen LogP contribution in [0.4, 0.5) is 11.4 Å². The minimum Gasteiger partial charge on any atom is -0.332 e. The van der Waals surface area contributed by atoms with E-state index in [0.29, 0.717) is 28.1 Å². The third-order valence-corrected chi connectivity index (χ3v) is 6.49. The minimum atomic E-state index is -0.706. The first-order valence-electron chi connectivity index (χ1n) is 9.92. The molecule has 1 heterocycles. The number of nitrogens with one attached hydrogen (secondary N) is 1. The number of thiocarbonyl (C=S) groups is 1. The van der Waals surface area contributed by atoms with Gasteiger partial charge in [-0.2, -0.15) is 0 Å². The van der Waals surface area contributed by atoms with Crippen molar-refractivity contribution in [3.05, 3.63) is 93.0 Å². The molecule has 1 aliphatic heterocycles. The Morgan fingerprint density at radius 2 is 1.66 bits per heavy atom. The number of anilines is 2. The number of hydrogen-bond acceptors (Lipinski definition) is 3. The van der Waals surface area contributed by atoms with Crippen molar-refractivity contribution in [1.82, 2.24) is 4.90 Å². The van der Waals surface area contributed by atoms with Crippen LogP contribution in [-0.4, -0.2) is 27.9 Å². The average Bonchev–Trinajstić information content (AvgIpc) is 3.01. The van der Waals surface area contributed by atoms with E-state index in [0.717, 1.165) is 9.13 Å². The SMILES string of the molecule is O=C(CC1C(=O)N(c2ccccc2)C(=S)N1Cc1ccc(Cl)cc1)Nc1ccc(I)cc1. The number of benzene rings is 3. The van der Waals surface area contributed by atoms with Gasteiger partial charge in [0.25, 0.3) is 5.91 Å². The van der Waals surface area contributed by atoms with Crippen LogP contribution < -0.4 is 10.2 Å². The fourth-order valence-corrected chi connectivity index (χ4v) is 4.41. The predicted octanol–water partition coefficient (Wildman–Crippen LogP) is 5.48. The highest BCUT2D eigenvalue weighted by Gasteiger charge is 2.44. The quantitative estimate of drug-likeness (QED) is 0.313. The third-order valence-electron chi connectivity index (χ3n) is 5.11. The zero-order valence-corrected chi connectivity index (χ0v) is 20.6. The van der Waals surface area contributed by atoms with Gasteiger partial charge in [-0.25, -0.2) is 0 Å². The predicted molar refractivity (Wildman–Crippen MR) is 140 cm³/mol. The van der Waals surface area contributed by atoms with E-state index in [1.54, 1.807) is 17.0 Å². The monoisotopic (exact) mass is 575 g/mol. The molecule has 0 aromatic heterocycles. The van der Waals surface area contributed by atoms with Gasteiger partial charge < -0.3 is 10.2 Å². The Morgan fingerprint density at radius 3 is 2.31 bits per heavy atom. The molecule has 0 saturated carbocycles. The smallest absolute Gasteiger partial charge is 0.256 e. The van der Waals surface area contributed by atoms with E-state index in [1.807, 2.05) is 66.7 Å². The molecule has 5 nitrogen and oxygen atoms in total. The van der Waals surface area contributed by atoms with Crippen molar-refractivity contribution in [2.75, 3.05) is 10.2 Å². The average molecular weight is 576 g/mol. The van der Waals surface area contributed by atoms with Crippen molar-refractivity contribution in [2.45, 2.75) is 19.0 Å². The van der Waals surface area contributed by atoms with Crippen LogP contribution in [0.5, 0.6) is 0 Å². The van der Waals surface area contributed by atoms with Gasteiger partial charge in [-0.05, 0) is 88.9 Å². The topological polar surface area (TPSA) is 52.7 Å². The second kappa shape index (κ2) is 9.97. The fraction of sp³-hybridized carbons (Fsp3) is 0.125. The Labute approximate surface area is 210 Å². The molecule has 1 N–H and O–H groups in total. The molecular weight excluding hydrogens is 557 g/mol. The zero-order chi connectivity index (χ0) is 22.7. The molecule has 2 amide bonds. The molecule has 1 aliphatic rings. The first-order valence-corrected chi connectivity index (χ1v) is 11.8. The van der Waals surface area contributed by atoms with Crippen molar-refractivity contribution in [2.24, 2.45) is 0 Å². The van der Waals surface area contributed by atoms with Gasteiger partial charge in [-0.1, -0.05) is 41.9 Å². The highest BCUT2D eigenvalue weighted by Crippen LogP contribution is 2.29. The fourth-order valence-electron chi connectivity index (χ4n) is 3.54. The first-order chi connectivity index (χ1) is 15.4. The number of halogens is 2. The number of amides is 2. The molecule has 1 saturated heterocycles. The van der Waals surface area contributed by atoms with Gasteiger partial charge in [-0.3, -0.25) is 14.5 Å². The third kappa shape index (κ3) is 5.11. The maximum Gasteiger partial charge on any atom is 0.256 e. The highest BCUT2D eigenvalue weighted by atomic mass is 127. The van der Waals surface area contributed by atoms with Crippen LogP contribution in [0.15, 0.2) is 78.9 Å². The van der Waals surface area contributed by atoms with Gasteiger partial charge in [0.05, 0.1) is 12.1 Å². The van der Waals surface area contributed by atoms with Crippen LogP contribution in [0, 0.1) is 3.57 Å². The van der Waals surface area contributed by atoms with Gasteiger partial charge in [-0.15, -0.1) is 0 Å². The molecule has 1 fully saturated rings. The summed E-state index contributed by atoms with van der Waals surface area (Å²) in [6.07, 6.45) is -0.0120. The summed E-state index contributed by atoms with van der Waals surface area (Å²) in [5, 5.41) is 3.89. The molecule has 0 bridgehead atoms. The lowest BCUT2D eigenvalue weighted by atomic mass is 10.1. The molecule has 1 unspecified atom stereocenters. The summed E-state index contributed by atoms with van der Waals surface area (Å²) < 4.78 is 1.07. The molecule has 1 atom stereocenters. The van der Waals surface area contributed by atoms with Crippen molar-refractivity contribution >= 4 is 74.7 Å². The number of hydrogen-bond donors (Lipinski definition) is 1. The molecule has 0 aliphatic carbocycles. The summed E-state index contributed by atoms with van der Waals surface area (Å²) in [5.41, 5.74) is 2.32. The van der Waals surface area contributed by atoms with E-state index in [1.165, 1.54) is 4.90 Å². The summed E-state index contributed by atoms with van der Waals surface area (Å²) in [4.78, 5) is 29.5. The van der Waals surface area contributed by atoms with Gasteiger partial charge >= 0.3 is 0 Å². The summed E-state index contributed by atoms with van der Waals surface area (Å²) in [7, 11) is 0. The van der Waals surface area contributed by atoms with E-state index in [2.05, 4.69) is 27.9 Å². The maximum atomic E-state index is 13.4. The van der Waals surface area contributed by atoms with Crippen molar-refractivity contribution in [3.63, 3.8) is 0 Å². The van der Waals surface area contributed by atoms with E-state index >= 15 is 0 Å². The number of carbonyl (C=O) groups is 2. The van der Waals surface area contributed by atoms with Crippen LogP contribution in [0.25, 0.3) is 0 Å². The van der Waals surface area contributed by atoms with Crippen molar-refractivity contribution in [1.29, 1.82) is 0 Å². The standard InChI is InChI=1S/C24H19ClIN3O2S/c25-17-8-6-16(7-9-17)15-28-21(14-22(30)27-19-12-10-18(26)11-13-19)23(31)29(24(28)32)20-4-2-1-3-5-20/h1-13,21H,14-15H2,(H,27,30). The van der Waals surface area contributed by atoms with Gasteiger partial charge in [0.15, 0.2) is 5.11 Å². The van der Waals surface area contributed by atoms with Crippen molar-refractivity contribution < 1.29 is 9.59 Å². The molecule has 3 aromatic carbocycles. The molecule has 0 radical (unpaired) electrons. The number of para-hydroxylation sites is 1. The molecule has 32 heavy (non-hydrogen) atoms. The number of nitrogens with zero attached hydrogens (tertiary/aromatic N) is 2.